The van der Waals surface area contributed by atoms with Crippen molar-refractivity contribution in [3.63, 3.8) is 0 Å². The van der Waals surface area contributed by atoms with Crippen molar-refractivity contribution in [2.45, 2.75) is 65.2 Å². The SMILES string of the molecule is Cc1ccc(CN2CC(C)N(C(=O)c3ccc(CN4CCCCC4)cc3)C(C)C2)cc1. The first-order chi connectivity index (χ1) is 15.0. The Labute approximate surface area is 187 Å². The van der Waals surface area contributed by atoms with E-state index in [1.165, 1.54) is 49.0 Å². The largest absolute Gasteiger partial charge is 0.331 e. The van der Waals surface area contributed by atoms with Gasteiger partial charge in [0.25, 0.3) is 5.91 Å². The first-order valence-electron chi connectivity index (χ1n) is 11.9. The summed E-state index contributed by atoms with van der Waals surface area (Å²) in [4.78, 5) is 20.4. The number of carbonyl (C=O) groups excluding carboxylic acids is 1. The lowest BCUT2D eigenvalue weighted by molar-refractivity contribution is 0.0268. The Morgan fingerprint density at radius 3 is 1.87 bits per heavy atom. The van der Waals surface area contributed by atoms with Gasteiger partial charge < -0.3 is 4.90 Å². The molecule has 31 heavy (non-hydrogen) atoms. The smallest absolute Gasteiger partial charge is 0.254 e. The minimum Gasteiger partial charge on any atom is -0.331 e. The number of amides is 1. The van der Waals surface area contributed by atoms with Gasteiger partial charge in [0.05, 0.1) is 0 Å². The molecule has 0 N–H and O–H groups in total. The monoisotopic (exact) mass is 419 g/mol. The van der Waals surface area contributed by atoms with E-state index in [2.05, 4.69) is 71.9 Å². The number of likely N-dealkylation sites (tertiary alicyclic amines) is 1. The number of benzene rings is 2. The highest BCUT2D eigenvalue weighted by atomic mass is 16.2. The highest BCUT2D eigenvalue weighted by Crippen LogP contribution is 2.22. The number of piperidine rings is 1. The van der Waals surface area contributed by atoms with Gasteiger partial charge in [-0.25, -0.2) is 0 Å². The van der Waals surface area contributed by atoms with Gasteiger partial charge in [-0.05, 0) is 70.0 Å². The minimum absolute atomic E-state index is 0.166. The van der Waals surface area contributed by atoms with Crippen LogP contribution < -0.4 is 0 Å². The van der Waals surface area contributed by atoms with Gasteiger partial charge in [-0.1, -0.05) is 48.4 Å². The van der Waals surface area contributed by atoms with Crippen LogP contribution in [0.25, 0.3) is 0 Å². The fraction of sp³-hybridized carbons (Fsp3) is 0.519. The van der Waals surface area contributed by atoms with Gasteiger partial charge in [-0.15, -0.1) is 0 Å². The molecule has 0 bridgehead atoms. The van der Waals surface area contributed by atoms with E-state index in [1.54, 1.807) is 0 Å². The summed E-state index contributed by atoms with van der Waals surface area (Å²) in [5.74, 6) is 0.166. The molecule has 166 valence electrons. The zero-order valence-electron chi connectivity index (χ0n) is 19.4. The van der Waals surface area contributed by atoms with E-state index < -0.39 is 0 Å². The molecule has 2 heterocycles. The Bertz CT molecular complexity index is 843. The van der Waals surface area contributed by atoms with Gasteiger partial charge in [0, 0.05) is 43.8 Å². The highest BCUT2D eigenvalue weighted by molar-refractivity contribution is 5.94. The molecule has 2 fully saturated rings. The van der Waals surface area contributed by atoms with E-state index in [0.717, 1.165) is 31.7 Å². The van der Waals surface area contributed by atoms with Crippen molar-refractivity contribution in [1.29, 1.82) is 0 Å². The molecule has 4 nitrogen and oxygen atoms in total. The van der Waals surface area contributed by atoms with Gasteiger partial charge in [0.15, 0.2) is 0 Å². The lowest BCUT2D eigenvalue weighted by Crippen LogP contribution is -2.58. The number of hydrogen-bond donors (Lipinski definition) is 0. The Morgan fingerprint density at radius 2 is 1.29 bits per heavy atom. The maximum atomic E-state index is 13.3. The van der Waals surface area contributed by atoms with E-state index in [0.29, 0.717) is 0 Å². The molecule has 2 aromatic rings. The number of aryl methyl sites for hydroxylation is 1. The highest BCUT2D eigenvalue weighted by Gasteiger charge is 2.33. The molecule has 0 aliphatic carbocycles. The molecule has 2 aromatic carbocycles. The molecule has 1 amide bonds. The number of carbonyl (C=O) groups is 1. The molecular weight excluding hydrogens is 382 g/mol. The topological polar surface area (TPSA) is 26.8 Å². The lowest BCUT2D eigenvalue weighted by atomic mass is 10.0. The van der Waals surface area contributed by atoms with Gasteiger partial charge in [-0.3, -0.25) is 14.6 Å². The molecule has 2 saturated heterocycles. The molecule has 2 aliphatic heterocycles. The average molecular weight is 420 g/mol. The summed E-state index contributed by atoms with van der Waals surface area (Å²) in [6, 6.07) is 17.5. The number of rotatable bonds is 5. The molecule has 4 rings (SSSR count). The molecule has 4 heteroatoms. The summed E-state index contributed by atoms with van der Waals surface area (Å²) < 4.78 is 0. The second kappa shape index (κ2) is 9.97. The lowest BCUT2D eigenvalue weighted by Gasteiger charge is -2.44. The fourth-order valence-electron chi connectivity index (χ4n) is 5.19. The summed E-state index contributed by atoms with van der Waals surface area (Å²) >= 11 is 0. The second-order valence-electron chi connectivity index (χ2n) is 9.62. The maximum absolute atomic E-state index is 13.3. The van der Waals surface area contributed by atoms with E-state index in [1.807, 2.05) is 12.1 Å². The quantitative estimate of drug-likeness (QED) is 0.702. The molecule has 0 aromatic heterocycles. The Kier molecular flexibility index (Phi) is 7.09. The summed E-state index contributed by atoms with van der Waals surface area (Å²) in [5.41, 5.74) is 4.76. The minimum atomic E-state index is 0.166. The van der Waals surface area contributed by atoms with Crippen molar-refractivity contribution in [3.8, 4) is 0 Å². The Hall–Kier alpha value is -2.17. The molecule has 0 saturated carbocycles. The number of hydrogen-bond acceptors (Lipinski definition) is 3. The average Bonchev–Trinajstić information content (AvgIpc) is 2.76. The second-order valence-corrected chi connectivity index (χ2v) is 9.62. The van der Waals surface area contributed by atoms with Crippen LogP contribution in [0.1, 0.15) is 60.2 Å². The van der Waals surface area contributed by atoms with E-state index in [4.69, 9.17) is 0 Å². The molecule has 2 aliphatic rings. The summed E-state index contributed by atoms with van der Waals surface area (Å²) in [6.45, 7) is 12.7. The Balaban J connectivity index is 1.36. The van der Waals surface area contributed by atoms with Crippen LogP contribution in [0.15, 0.2) is 48.5 Å². The number of piperazine rings is 1. The third-order valence-corrected chi connectivity index (χ3v) is 6.81. The molecule has 2 unspecified atom stereocenters. The molecule has 2 atom stereocenters. The van der Waals surface area contributed by atoms with Crippen LogP contribution in [0.3, 0.4) is 0 Å². The van der Waals surface area contributed by atoms with E-state index in [-0.39, 0.29) is 18.0 Å². The van der Waals surface area contributed by atoms with Crippen molar-refractivity contribution in [3.05, 3.63) is 70.8 Å². The standard InChI is InChI=1S/C27H37N3O/c1-21-7-9-24(10-8-21)20-29-17-22(2)30(23(3)18-29)27(31)26-13-11-25(12-14-26)19-28-15-5-4-6-16-28/h7-14,22-23H,4-6,15-20H2,1-3H3. The Morgan fingerprint density at radius 1 is 0.774 bits per heavy atom. The van der Waals surface area contributed by atoms with Crippen LogP contribution in [0.4, 0.5) is 0 Å². The first kappa shape index (κ1) is 22.0. The molecular formula is C27H37N3O. The zero-order chi connectivity index (χ0) is 21.8. The van der Waals surface area contributed by atoms with E-state index in [9.17, 15) is 4.79 Å². The fourth-order valence-corrected chi connectivity index (χ4v) is 5.19. The third-order valence-electron chi connectivity index (χ3n) is 6.81. The van der Waals surface area contributed by atoms with Gasteiger partial charge in [0.1, 0.15) is 0 Å². The van der Waals surface area contributed by atoms with Crippen molar-refractivity contribution < 1.29 is 4.79 Å². The predicted molar refractivity (Wildman–Crippen MR) is 127 cm³/mol. The van der Waals surface area contributed by atoms with Gasteiger partial charge >= 0.3 is 0 Å². The van der Waals surface area contributed by atoms with E-state index >= 15 is 0 Å². The number of nitrogens with zero attached hydrogens (tertiary/aromatic N) is 3. The van der Waals surface area contributed by atoms with Crippen LogP contribution in [-0.4, -0.2) is 58.9 Å². The van der Waals surface area contributed by atoms with Gasteiger partial charge in [0.2, 0.25) is 0 Å². The van der Waals surface area contributed by atoms with Crippen molar-refractivity contribution in [1.82, 2.24) is 14.7 Å². The zero-order valence-corrected chi connectivity index (χ0v) is 19.4. The van der Waals surface area contributed by atoms with Crippen molar-refractivity contribution in [2.24, 2.45) is 0 Å². The third kappa shape index (κ3) is 5.55. The van der Waals surface area contributed by atoms with Crippen LogP contribution in [0.2, 0.25) is 0 Å². The summed E-state index contributed by atoms with van der Waals surface area (Å²) in [7, 11) is 0. The summed E-state index contributed by atoms with van der Waals surface area (Å²) in [6.07, 6.45) is 3.98. The molecule has 0 spiro atoms. The van der Waals surface area contributed by atoms with Crippen molar-refractivity contribution in [2.75, 3.05) is 26.2 Å². The van der Waals surface area contributed by atoms with Crippen LogP contribution in [-0.2, 0) is 13.1 Å². The first-order valence-corrected chi connectivity index (χ1v) is 11.9. The van der Waals surface area contributed by atoms with Gasteiger partial charge in [-0.2, -0.15) is 0 Å². The van der Waals surface area contributed by atoms with Crippen LogP contribution >= 0.6 is 0 Å². The predicted octanol–water partition coefficient (Wildman–Crippen LogP) is 4.72. The van der Waals surface area contributed by atoms with Crippen molar-refractivity contribution >= 4 is 5.91 Å². The normalized spacial score (nSPS) is 23.1. The van der Waals surface area contributed by atoms with Crippen LogP contribution in [0, 0.1) is 6.92 Å². The molecule has 0 radical (unpaired) electrons. The summed E-state index contributed by atoms with van der Waals surface area (Å²) in [5, 5.41) is 0. The van der Waals surface area contributed by atoms with Crippen LogP contribution in [0.5, 0.6) is 0 Å². The maximum Gasteiger partial charge on any atom is 0.254 e.